The molecule has 0 amide bonds. The third-order valence-corrected chi connectivity index (χ3v) is 11.1. The molecule has 0 aromatic heterocycles. The Morgan fingerprint density at radius 1 is 0.228 bits per heavy atom. The van der Waals surface area contributed by atoms with Gasteiger partial charge >= 0.3 is 0 Å². The number of nitrogens with zero attached hydrogens (tertiary/aromatic N) is 1. The predicted octanol–water partition coefficient (Wildman–Crippen LogP) is 15.8. The Balaban J connectivity index is 1.30. The zero-order valence-electron chi connectivity index (χ0n) is 31.5. The second-order valence-electron chi connectivity index (χ2n) is 14.4. The van der Waals surface area contributed by atoms with Crippen molar-refractivity contribution >= 4 is 38.6 Å². The minimum Gasteiger partial charge on any atom is -0.309 e. The molecule has 0 saturated heterocycles. The molecule has 1 heteroatoms. The highest BCUT2D eigenvalue weighted by molar-refractivity contribution is 6.22. The highest BCUT2D eigenvalue weighted by Crippen LogP contribution is 2.49. The molecule has 0 aliphatic carbocycles. The van der Waals surface area contributed by atoms with Crippen molar-refractivity contribution in [1.29, 1.82) is 0 Å². The molecular formula is C56H39N. The topological polar surface area (TPSA) is 3.24 Å². The summed E-state index contributed by atoms with van der Waals surface area (Å²) in [6.07, 6.45) is 0. The van der Waals surface area contributed by atoms with E-state index in [9.17, 15) is 0 Å². The maximum Gasteiger partial charge on any atom is 0.0540 e. The summed E-state index contributed by atoms with van der Waals surface area (Å²) in [7, 11) is 0. The van der Waals surface area contributed by atoms with Crippen LogP contribution in [0.25, 0.3) is 77.2 Å². The maximum atomic E-state index is 2.47. The van der Waals surface area contributed by atoms with Gasteiger partial charge in [0.2, 0.25) is 0 Å². The quantitative estimate of drug-likeness (QED) is 0.141. The molecule has 1 nitrogen and oxygen atoms in total. The van der Waals surface area contributed by atoms with Crippen LogP contribution in [0.5, 0.6) is 0 Å². The first-order valence-corrected chi connectivity index (χ1v) is 19.6. The van der Waals surface area contributed by atoms with Crippen molar-refractivity contribution in [2.24, 2.45) is 0 Å². The molecular weight excluding hydrogens is 687 g/mol. The Kier molecular flexibility index (Phi) is 8.95. The van der Waals surface area contributed by atoms with E-state index in [1.54, 1.807) is 0 Å². The Hall–Kier alpha value is -7.48. The van der Waals surface area contributed by atoms with Crippen molar-refractivity contribution in [2.75, 3.05) is 4.90 Å². The van der Waals surface area contributed by atoms with Crippen molar-refractivity contribution in [3.8, 4) is 55.6 Å². The van der Waals surface area contributed by atoms with Crippen molar-refractivity contribution in [1.82, 2.24) is 0 Å². The van der Waals surface area contributed by atoms with Gasteiger partial charge in [0.15, 0.2) is 0 Å². The smallest absolute Gasteiger partial charge is 0.0540 e. The number of fused-ring (bicyclic) bond motifs is 3. The molecule has 10 rings (SSSR count). The van der Waals surface area contributed by atoms with Gasteiger partial charge in [0.05, 0.1) is 11.4 Å². The van der Waals surface area contributed by atoms with Crippen LogP contribution < -0.4 is 4.90 Å². The van der Waals surface area contributed by atoms with Gasteiger partial charge in [-0.05, 0) is 96.4 Å². The van der Waals surface area contributed by atoms with Gasteiger partial charge in [0.1, 0.15) is 0 Å². The summed E-state index contributed by atoms with van der Waals surface area (Å²) >= 11 is 0. The van der Waals surface area contributed by atoms with Gasteiger partial charge in [0.25, 0.3) is 0 Å². The zero-order chi connectivity index (χ0) is 38.0. The Morgan fingerprint density at radius 2 is 0.667 bits per heavy atom. The number of rotatable bonds is 8. The first-order chi connectivity index (χ1) is 28.3. The largest absolute Gasteiger partial charge is 0.309 e. The minimum absolute atomic E-state index is 1.09. The Labute approximate surface area is 334 Å². The van der Waals surface area contributed by atoms with E-state index in [4.69, 9.17) is 0 Å². The molecule has 0 unspecified atom stereocenters. The van der Waals surface area contributed by atoms with Gasteiger partial charge in [-0.25, -0.2) is 0 Å². The number of anilines is 3. The first kappa shape index (κ1) is 34.0. The molecule has 0 N–H and O–H groups in total. The molecule has 10 aromatic rings. The molecule has 0 bridgehead atoms. The lowest BCUT2D eigenvalue weighted by Gasteiger charge is -2.31. The number of benzene rings is 10. The molecule has 0 heterocycles. The van der Waals surface area contributed by atoms with Gasteiger partial charge in [0, 0.05) is 16.8 Å². The van der Waals surface area contributed by atoms with Crippen molar-refractivity contribution < 1.29 is 0 Å². The fraction of sp³-hybridized carbons (Fsp3) is 0. The summed E-state index contributed by atoms with van der Waals surface area (Å²) in [4.78, 5) is 2.47. The molecule has 57 heavy (non-hydrogen) atoms. The highest BCUT2D eigenvalue weighted by atomic mass is 15.1. The van der Waals surface area contributed by atoms with Crippen molar-refractivity contribution in [3.05, 3.63) is 237 Å². The first-order valence-electron chi connectivity index (χ1n) is 19.6. The van der Waals surface area contributed by atoms with Gasteiger partial charge < -0.3 is 4.90 Å². The normalized spacial score (nSPS) is 11.2. The fourth-order valence-corrected chi connectivity index (χ4v) is 8.46. The molecule has 0 spiro atoms. The van der Waals surface area contributed by atoms with E-state index in [1.165, 1.54) is 66.1 Å². The summed E-state index contributed by atoms with van der Waals surface area (Å²) in [6, 6.07) is 85.7. The zero-order valence-corrected chi connectivity index (χ0v) is 31.5. The molecule has 10 aromatic carbocycles. The molecule has 0 aliphatic heterocycles. The van der Waals surface area contributed by atoms with Crippen LogP contribution in [0, 0.1) is 0 Å². The maximum absolute atomic E-state index is 2.47. The van der Waals surface area contributed by atoms with E-state index in [2.05, 4.69) is 241 Å². The van der Waals surface area contributed by atoms with Crippen LogP contribution >= 0.6 is 0 Å². The SMILES string of the molecule is c1ccc(-c2ccc(N(c3ccc4c(-c5ccccc5)c(-c5ccccc5)c5ccccc5c4c3)c3ccccc3-c3ccccc3)c(-c3ccccc3)c2)cc1. The van der Waals surface area contributed by atoms with Gasteiger partial charge in [-0.15, -0.1) is 0 Å². The lowest BCUT2D eigenvalue weighted by molar-refractivity contribution is 1.29. The van der Waals surface area contributed by atoms with E-state index in [0.29, 0.717) is 0 Å². The van der Waals surface area contributed by atoms with Crippen LogP contribution in [0.15, 0.2) is 237 Å². The van der Waals surface area contributed by atoms with Crippen LogP contribution in [0.4, 0.5) is 17.1 Å². The molecule has 0 radical (unpaired) electrons. The lowest BCUT2D eigenvalue weighted by atomic mass is 9.85. The van der Waals surface area contributed by atoms with Gasteiger partial charge in [-0.2, -0.15) is 0 Å². The third-order valence-electron chi connectivity index (χ3n) is 11.1. The van der Waals surface area contributed by atoms with Crippen molar-refractivity contribution in [3.63, 3.8) is 0 Å². The fourth-order valence-electron chi connectivity index (χ4n) is 8.46. The standard InChI is InChI=1S/C56H39N/c1-6-20-40(21-7-1)45-34-37-54(51(38-45)42-24-10-3-11-25-42)57(53-33-19-18-30-47(53)41-22-8-2-9-23-41)46-35-36-50-52(39-46)48-31-16-17-32-49(48)55(43-26-12-4-13-27-43)56(50)44-28-14-5-15-29-44/h1-39H. The van der Waals surface area contributed by atoms with Gasteiger partial charge in [-0.1, -0.05) is 206 Å². The highest BCUT2D eigenvalue weighted by Gasteiger charge is 2.23. The van der Waals surface area contributed by atoms with E-state index in [1.807, 2.05) is 0 Å². The monoisotopic (exact) mass is 725 g/mol. The average Bonchev–Trinajstić information content (AvgIpc) is 3.30. The molecule has 268 valence electrons. The lowest BCUT2D eigenvalue weighted by Crippen LogP contribution is -2.12. The van der Waals surface area contributed by atoms with Crippen LogP contribution in [0.1, 0.15) is 0 Å². The molecule has 0 aliphatic rings. The summed E-state index contributed by atoms with van der Waals surface area (Å²) < 4.78 is 0. The van der Waals surface area contributed by atoms with Crippen LogP contribution in [0.3, 0.4) is 0 Å². The van der Waals surface area contributed by atoms with E-state index < -0.39 is 0 Å². The summed E-state index contributed by atoms with van der Waals surface area (Å²) in [5.41, 5.74) is 15.3. The van der Waals surface area contributed by atoms with Crippen LogP contribution in [-0.4, -0.2) is 0 Å². The van der Waals surface area contributed by atoms with Crippen LogP contribution in [-0.2, 0) is 0 Å². The molecule has 0 fully saturated rings. The summed E-state index contributed by atoms with van der Waals surface area (Å²) in [5.74, 6) is 0. The third kappa shape index (κ3) is 6.36. The average molecular weight is 726 g/mol. The predicted molar refractivity (Wildman–Crippen MR) is 243 cm³/mol. The number of para-hydroxylation sites is 1. The minimum atomic E-state index is 1.09. The molecule has 0 saturated carbocycles. The number of hydrogen-bond donors (Lipinski definition) is 0. The van der Waals surface area contributed by atoms with Crippen LogP contribution in [0.2, 0.25) is 0 Å². The second kappa shape index (κ2) is 15.0. The Morgan fingerprint density at radius 3 is 1.26 bits per heavy atom. The number of hydrogen-bond acceptors (Lipinski definition) is 1. The van der Waals surface area contributed by atoms with E-state index >= 15 is 0 Å². The van der Waals surface area contributed by atoms with Gasteiger partial charge in [-0.3, -0.25) is 0 Å². The Bertz CT molecular complexity index is 2970. The summed E-state index contributed by atoms with van der Waals surface area (Å²) in [5, 5.41) is 4.90. The van der Waals surface area contributed by atoms with Crippen molar-refractivity contribution in [2.45, 2.75) is 0 Å². The summed E-state index contributed by atoms with van der Waals surface area (Å²) in [6.45, 7) is 0. The second-order valence-corrected chi connectivity index (χ2v) is 14.4. The van der Waals surface area contributed by atoms with E-state index in [0.717, 1.165) is 28.2 Å². The van der Waals surface area contributed by atoms with E-state index in [-0.39, 0.29) is 0 Å². The molecule has 0 atom stereocenters.